The van der Waals surface area contributed by atoms with E-state index in [1.54, 1.807) is 0 Å². The number of anilines is 1. The van der Waals surface area contributed by atoms with Gasteiger partial charge in [0.05, 0.1) is 32.6 Å². The molecule has 31 heavy (non-hydrogen) atoms. The minimum Gasteiger partial charge on any atom is -0.324 e. The largest absolute Gasteiger partial charge is 0.324 e. The van der Waals surface area contributed by atoms with Crippen molar-refractivity contribution < 1.29 is 9.72 Å². The fourth-order valence-corrected chi connectivity index (χ4v) is 3.79. The average molecular weight is 451 g/mol. The zero-order valence-electron chi connectivity index (χ0n) is 16.0. The van der Waals surface area contributed by atoms with Crippen molar-refractivity contribution >= 4 is 51.5 Å². The molecule has 1 amide bonds. The van der Waals surface area contributed by atoms with Crippen molar-refractivity contribution in [2.45, 2.75) is 5.16 Å². The number of nitro groups is 1. The molecule has 9 heteroatoms. The van der Waals surface area contributed by atoms with Crippen LogP contribution in [0.2, 0.25) is 5.02 Å². The highest BCUT2D eigenvalue weighted by Crippen LogP contribution is 2.29. The molecule has 0 aliphatic heterocycles. The Labute approximate surface area is 186 Å². The van der Waals surface area contributed by atoms with Gasteiger partial charge in [-0.15, -0.1) is 0 Å². The Bertz CT molecular complexity index is 1280. The van der Waals surface area contributed by atoms with Gasteiger partial charge in [-0.3, -0.25) is 14.9 Å². The van der Waals surface area contributed by atoms with Gasteiger partial charge >= 0.3 is 0 Å². The molecule has 0 aliphatic carbocycles. The van der Waals surface area contributed by atoms with Crippen LogP contribution in [0.5, 0.6) is 0 Å². The molecule has 4 aromatic rings. The van der Waals surface area contributed by atoms with E-state index in [9.17, 15) is 14.9 Å². The number of non-ortho nitro benzene ring substituents is 1. The van der Waals surface area contributed by atoms with E-state index >= 15 is 0 Å². The first-order valence-corrected chi connectivity index (χ1v) is 10.6. The van der Waals surface area contributed by atoms with Crippen LogP contribution in [0.4, 0.5) is 11.4 Å². The van der Waals surface area contributed by atoms with E-state index in [-0.39, 0.29) is 28.1 Å². The fraction of sp³-hybridized carbons (Fsp3) is 0.0455. The van der Waals surface area contributed by atoms with Crippen molar-refractivity contribution in [3.05, 3.63) is 87.9 Å². The number of nitrogens with zero attached hydrogens (tertiary/aromatic N) is 3. The minimum absolute atomic E-state index is 0.0194. The topological polar surface area (TPSA) is 98.0 Å². The highest BCUT2D eigenvalue weighted by atomic mass is 35.5. The first-order chi connectivity index (χ1) is 15.0. The van der Waals surface area contributed by atoms with E-state index in [2.05, 4.69) is 15.3 Å². The van der Waals surface area contributed by atoms with Gasteiger partial charge < -0.3 is 5.32 Å². The van der Waals surface area contributed by atoms with E-state index < -0.39 is 4.92 Å². The molecule has 0 radical (unpaired) electrons. The summed E-state index contributed by atoms with van der Waals surface area (Å²) in [5.74, 6) is -0.351. The Morgan fingerprint density at radius 3 is 2.55 bits per heavy atom. The zero-order chi connectivity index (χ0) is 21.8. The number of hydrogen-bond donors (Lipinski definition) is 1. The molecule has 0 saturated heterocycles. The third-order valence-corrected chi connectivity index (χ3v) is 5.57. The third-order valence-electron chi connectivity index (χ3n) is 4.40. The van der Waals surface area contributed by atoms with E-state index in [0.29, 0.717) is 5.16 Å². The number of carbonyl (C=O) groups is 1. The summed E-state index contributed by atoms with van der Waals surface area (Å²) in [6.45, 7) is 0. The quantitative estimate of drug-likeness (QED) is 0.178. The van der Waals surface area contributed by atoms with Crippen LogP contribution in [-0.4, -0.2) is 26.6 Å². The molecule has 154 valence electrons. The summed E-state index contributed by atoms with van der Waals surface area (Å²) >= 11 is 7.22. The lowest BCUT2D eigenvalue weighted by molar-refractivity contribution is -0.384. The van der Waals surface area contributed by atoms with Gasteiger partial charge in [-0.25, -0.2) is 9.97 Å². The standard InChI is InChI=1S/C22H15ClN4O3S/c23-17-11-10-15(27(29)30)12-19(17)24-20(28)13-31-22-25-18-9-5-4-8-16(18)21(26-22)14-6-2-1-3-7-14/h1-12H,13H2,(H,24,28). The number of halogens is 1. The second-order valence-corrected chi connectivity index (χ2v) is 7.85. The smallest absolute Gasteiger partial charge is 0.271 e. The van der Waals surface area contributed by atoms with Gasteiger partial charge in [-0.1, -0.05) is 71.9 Å². The zero-order valence-corrected chi connectivity index (χ0v) is 17.6. The predicted molar refractivity (Wildman–Crippen MR) is 122 cm³/mol. The number of para-hydroxylation sites is 1. The number of rotatable bonds is 6. The first-order valence-electron chi connectivity index (χ1n) is 9.20. The van der Waals surface area contributed by atoms with Crippen LogP contribution in [0.3, 0.4) is 0 Å². The van der Waals surface area contributed by atoms with E-state index in [4.69, 9.17) is 11.6 Å². The molecular weight excluding hydrogens is 436 g/mol. The lowest BCUT2D eigenvalue weighted by Crippen LogP contribution is -2.14. The summed E-state index contributed by atoms with van der Waals surface area (Å²) < 4.78 is 0. The summed E-state index contributed by atoms with van der Waals surface area (Å²) in [5.41, 5.74) is 2.55. The summed E-state index contributed by atoms with van der Waals surface area (Å²) in [5, 5.41) is 15.2. The summed E-state index contributed by atoms with van der Waals surface area (Å²) in [4.78, 5) is 32.0. The van der Waals surface area contributed by atoms with Crippen molar-refractivity contribution in [2.24, 2.45) is 0 Å². The summed E-state index contributed by atoms with van der Waals surface area (Å²) in [6, 6.07) is 21.3. The van der Waals surface area contributed by atoms with Crippen LogP contribution in [-0.2, 0) is 4.79 Å². The molecule has 0 aliphatic rings. The van der Waals surface area contributed by atoms with Crippen LogP contribution in [0, 0.1) is 10.1 Å². The van der Waals surface area contributed by atoms with E-state index in [0.717, 1.165) is 22.2 Å². The summed E-state index contributed by atoms with van der Waals surface area (Å²) in [7, 11) is 0. The Kier molecular flexibility index (Phi) is 6.11. The number of benzene rings is 3. The molecule has 0 spiro atoms. The van der Waals surface area contributed by atoms with Gasteiger partial charge in [0, 0.05) is 23.1 Å². The molecule has 0 unspecified atom stereocenters. The monoisotopic (exact) mass is 450 g/mol. The van der Waals surface area contributed by atoms with E-state index in [1.807, 2.05) is 54.6 Å². The number of amides is 1. The van der Waals surface area contributed by atoms with Crippen molar-refractivity contribution in [2.75, 3.05) is 11.1 Å². The number of hydrogen-bond acceptors (Lipinski definition) is 6. The SMILES string of the molecule is O=C(CSc1nc(-c2ccccc2)c2ccccc2n1)Nc1cc([N+](=O)[O-])ccc1Cl. The molecule has 0 saturated carbocycles. The second kappa shape index (κ2) is 9.11. The molecule has 0 fully saturated rings. The summed E-state index contributed by atoms with van der Waals surface area (Å²) in [6.07, 6.45) is 0. The Balaban J connectivity index is 1.55. The molecule has 0 bridgehead atoms. The molecule has 1 N–H and O–H groups in total. The van der Waals surface area contributed by atoms with Crippen LogP contribution in [0.1, 0.15) is 0 Å². The van der Waals surface area contributed by atoms with Crippen molar-refractivity contribution in [3.8, 4) is 11.3 Å². The van der Waals surface area contributed by atoms with Gasteiger partial charge in [-0.2, -0.15) is 0 Å². The highest BCUT2D eigenvalue weighted by molar-refractivity contribution is 7.99. The first kappa shape index (κ1) is 20.8. The van der Waals surface area contributed by atoms with Gasteiger partial charge in [0.15, 0.2) is 5.16 Å². The molecule has 1 aromatic heterocycles. The molecule has 0 atom stereocenters. The Morgan fingerprint density at radius 1 is 1.03 bits per heavy atom. The second-order valence-electron chi connectivity index (χ2n) is 6.50. The minimum atomic E-state index is -0.547. The Morgan fingerprint density at radius 2 is 1.77 bits per heavy atom. The fourth-order valence-electron chi connectivity index (χ4n) is 2.97. The van der Waals surface area contributed by atoms with Gasteiger partial charge in [0.2, 0.25) is 5.91 Å². The Hall–Kier alpha value is -3.49. The lowest BCUT2D eigenvalue weighted by Gasteiger charge is -2.09. The van der Waals surface area contributed by atoms with Crippen LogP contribution < -0.4 is 5.32 Å². The molecule has 7 nitrogen and oxygen atoms in total. The van der Waals surface area contributed by atoms with Crippen LogP contribution in [0.15, 0.2) is 78.0 Å². The van der Waals surface area contributed by atoms with Gasteiger partial charge in [-0.05, 0) is 12.1 Å². The lowest BCUT2D eigenvalue weighted by atomic mass is 10.1. The molecular formula is C22H15ClN4O3S. The number of thioether (sulfide) groups is 1. The maximum absolute atomic E-state index is 12.4. The number of carbonyl (C=O) groups excluding carboxylic acids is 1. The van der Waals surface area contributed by atoms with Crippen LogP contribution in [0.25, 0.3) is 22.2 Å². The van der Waals surface area contributed by atoms with Gasteiger partial charge in [0.1, 0.15) is 0 Å². The van der Waals surface area contributed by atoms with Gasteiger partial charge in [0.25, 0.3) is 5.69 Å². The van der Waals surface area contributed by atoms with Crippen LogP contribution >= 0.6 is 23.4 Å². The number of nitro benzene ring substituents is 1. The number of nitrogens with one attached hydrogen (secondary N) is 1. The number of aromatic nitrogens is 2. The predicted octanol–water partition coefficient (Wildman–Crippen LogP) is 5.59. The van der Waals surface area contributed by atoms with Crippen molar-refractivity contribution in [3.63, 3.8) is 0 Å². The average Bonchev–Trinajstić information content (AvgIpc) is 2.79. The highest BCUT2D eigenvalue weighted by Gasteiger charge is 2.14. The van der Waals surface area contributed by atoms with E-state index in [1.165, 1.54) is 30.0 Å². The maximum atomic E-state index is 12.4. The molecule has 3 aromatic carbocycles. The molecule has 1 heterocycles. The van der Waals surface area contributed by atoms with Crippen molar-refractivity contribution in [1.82, 2.24) is 9.97 Å². The third kappa shape index (κ3) is 4.82. The molecule has 4 rings (SSSR count). The normalized spacial score (nSPS) is 10.7. The maximum Gasteiger partial charge on any atom is 0.271 e. The number of fused-ring (bicyclic) bond motifs is 1. The van der Waals surface area contributed by atoms with Crippen molar-refractivity contribution in [1.29, 1.82) is 0 Å².